The quantitative estimate of drug-likeness (QED) is 0.721. The summed E-state index contributed by atoms with van der Waals surface area (Å²) in [6, 6.07) is 0. The van der Waals surface area contributed by atoms with Crippen molar-refractivity contribution in [2.75, 3.05) is 0 Å². The highest BCUT2D eigenvalue weighted by atomic mass is 32.2. The molecule has 0 amide bonds. The lowest BCUT2D eigenvalue weighted by Gasteiger charge is -2.38. The minimum absolute atomic E-state index is 0.239. The Labute approximate surface area is 111 Å². The highest BCUT2D eigenvalue weighted by Crippen LogP contribution is 2.41. The normalized spacial score (nSPS) is 26.2. The van der Waals surface area contributed by atoms with Gasteiger partial charge in [0.05, 0.1) is 0 Å². The average molecular weight is 275 g/mol. The number of rotatable bonds is 3. The van der Waals surface area contributed by atoms with Crippen LogP contribution in [0.5, 0.6) is 0 Å². The van der Waals surface area contributed by atoms with Crippen LogP contribution >= 0.6 is 11.8 Å². The minimum atomic E-state index is -1.63. The summed E-state index contributed by atoms with van der Waals surface area (Å²) in [5, 5.41) is 1.00. The number of thioether (sulfide) groups is 1. The summed E-state index contributed by atoms with van der Waals surface area (Å²) < 4.78 is 6.39. The third-order valence-electron chi connectivity index (χ3n) is 3.94. The minimum Gasteiger partial charge on any atom is -0.414 e. The molecule has 1 saturated carbocycles. The van der Waals surface area contributed by atoms with Gasteiger partial charge in [-0.25, -0.2) is 0 Å². The van der Waals surface area contributed by atoms with Gasteiger partial charge in [-0.1, -0.05) is 32.5 Å². The smallest absolute Gasteiger partial charge is 0.192 e. The molecule has 17 heavy (non-hydrogen) atoms. The molecule has 0 saturated heterocycles. The molecule has 4 heteroatoms. The largest absolute Gasteiger partial charge is 0.414 e. The molecule has 0 aromatic carbocycles. The zero-order valence-corrected chi connectivity index (χ0v) is 13.8. The van der Waals surface area contributed by atoms with Gasteiger partial charge >= 0.3 is 0 Å². The summed E-state index contributed by atoms with van der Waals surface area (Å²) in [5.74, 6) is 0. The molecular formula is C13H26O2SSi. The molecule has 1 aliphatic carbocycles. The van der Waals surface area contributed by atoms with Crippen LogP contribution in [0.2, 0.25) is 18.1 Å². The molecule has 0 unspecified atom stereocenters. The van der Waals surface area contributed by atoms with Crippen LogP contribution in [0.15, 0.2) is 0 Å². The number of hydrogen-bond donors (Lipinski definition) is 0. The third-order valence-corrected chi connectivity index (χ3v) is 9.56. The van der Waals surface area contributed by atoms with E-state index in [4.69, 9.17) is 4.43 Å². The Kier molecular flexibility index (Phi) is 4.89. The average Bonchev–Trinajstić information content (AvgIpc) is 2.48. The molecule has 0 aromatic rings. The van der Waals surface area contributed by atoms with E-state index in [-0.39, 0.29) is 10.2 Å². The lowest BCUT2D eigenvalue weighted by molar-refractivity contribution is -0.109. The molecule has 100 valence electrons. The summed E-state index contributed by atoms with van der Waals surface area (Å²) in [7, 11) is -1.63. The molecule has 1 fully saturated rings. The monoisotopic (exact) mass is 274 g/mol. The van der Waals surface area contributed by atoms with Crippen molar-refractivity contribution in [1.82, 2.24) is 0 Å². The fourth-order valence-electron chi connectivity index (χ4n) is 1.94. The highest BCUT2D eigenvalue weighted by Gasteiger charge is 2.40. The maximum Gasteiger partial charge on any atom is 0.192 e. The molecule has 1 aliphatic rings. The predicted octanol–water partition coefficient (Wildman–Crippen LogP) is 4.21. The van der Waals surface area contributed by atoms with Crippen LogP contribution in [0.1, 0.15) is 47.0 Å². The zero-order valence-electron chi connectivity index (χ0n) is 12.0. The maximum absolute atomic E-state index is 11.1. The second-order valence-corrected chi connectivity index (χ2v) is 12.8. The van der Waals surface area contributed by atoms with Gasteiger partial charge in [-0.15, -0.1) is 0 Å². The van der Waals surface area contributed by atoms with Crippen LogP contribution in [-0.4, -0.2) is 24.8 Å². The van der Waals surface area contributed by atoms with E-state index in [9.17, 15) is 4.79 Å². The topological polar surface area (TPSA) is 26.3 Å². The first-order valence-electron chi connectivity index (χ1n) is 6.47. The van der Waals surface area contributed by atoms with E-state index in [1.165, 1.54) is 11.8 Å². The van der Waals surface area contributed by atoms with Gasteiger partial charge in [0.25, 0.3) is 0 Å². The lowest BCUT2D eigenvalue weighted by Crippen LogP contribution is -2.43. The van der Waals surface area contributed by atoms with E-state index in [1.807, 2.05) is 0 Å². The van der Waals surface area contributed by atoms with E-state index in [1.54, 1.807) is 6.92 Å². The molecule has 2 nitrogen and oxygen atoms in total. The Balaban J connectivity index is 2.48. The molecule has 0 bridgehead atoms. The van der Waals surface area contributed by atoms with Gasteiger partial charge < -0.3 is 4.43 Å². The van der Waals surface area contributed by atoms with Crippen LogP contribution in [0.25, 0.3) is 0 Å². The third kappa shape index (κ3) is 4.41. The van der Waals surface area contributed by atoms with Crippen molar-refractivity contribution in [2.45, 2.75) is 76.4 Å². The second kappa shape index (κ2) is 5.45. The number of carbonyl (C=O) groups is 1. The van der Waals surface area contributed by atoms with Gasteiger partial charge in [0.15, 0.2) is 13.4 Å². The summed E-state index contributed by atoms with van der Waals surface area (Å²) in [5.41, 5.74) is 0. The molecule has 0 heterocycles. The fraction of sp³-hybridized carbons (Fsp3) is 0.923. The van der Waals surface area contributed by atoms with Gasteiger partial charge in [-0.3, -0.25) is 4.79 Å². The van der Waals surface area contributed by atoms with Crippen molar-refractivity contribution in [2.24, 2.45) is 0 Å². The van der Waals surface area contributed by atoms with Crippen LogP contribution in [0.4, 0.5) is 0 Å². The fourth-order valence-corrected chi connectivity index (χ4v) is 4.38. The Morgan fingerprint density at radius 1 is 1.29 bits per heavy atom. The van der Waals surface area contributed by atoms with Crippen molar-refractivity contribution in [3.63, 3.8) is 0 Å². The van der Waals surface area contributed by atoms with E-state index >= 15 is 0 Å². The second-order valence-electron chi connectivity index (χ2n) is 6.54. The first-order valence-corrected chi connectivity index (χ1v) is 10.3. The maximum atomic E-state index is 11.1. The van der Waals surface area contributed by atoms with Crippen molar-refractivity contribution >= 4 is 25.2 Å². The predicted molar refractivity (Wildman–Crippen MR) is 78.0 cm³/mol. The summed E-state index contributed by atoms with van der Waals surface area (Å²) in [4.78, 5) is 11.1. The first-order chi connectivity index (χ1) is 7.62. The molecule has 0 N–H and O–H groups in total. The van der Waals surface area contributed by atoms with E-state index in [0.29, 0.717) is 11.4 Å². The van der Waals surface area contributed by atoms with Crippen LogP contribution in [-0.2, 0) is 9.22 Å². The molecular weight excluding hydrogens is 248 g/mol. The molecule has 0 aromatic heterocycles. The van der Waals surface area contributed by atoms with Crippen LogP contribution in [0, 0.1) is 0 Å². The van der Waals surface area contributed by atoms with E-state index in [0.717, 1.165) is 19.3 Å². The molecule has 0 spiro atoms. The Hall–Kier alpha value is 0.197. The van der Waals surface area contributed by atoms with Gasteiger partial charge in [0, 0.05) is 18.3 Å². The molecule has 0 aliphatic heterocycles. The highest BCUT2D eigenvalue weighted by molar-refractivity contribution is 8.14. The summed E-state index contributed by atoms with van der Waals surface area (Å²) in [6.45, 7) is 13.1. The van der Waals surface area contributed by atoms with Gasteiger partial charge in [-0.2, -0.15) is 0 Å². The standard InChI is InChI=1S/C13H26O2SSi/c1-10(14)16-12-8-7-11(9-12)15-17(5,6)13(2,3)4/h11-12H,7-9H2,1-6H3/t11-,12-/m0/s1. The van der Waals surface area contributed by atoms with E-state index in [2.05, 4.69) is 33.9 Å². The van der Waals surface area contributed by atoms with E-state index < -0.39 is 8.32 Å². The Morgan fingerprint density at radius 2 is 1.88 bits per heavy atom. The Bertz CT molecular complexity index is 284. The first kappa shape index (κ1) is 15.3. The van der Waals surface area contributed by atoms with Gasteiger partial charge in [-0.05, 0) is 37.4 Å². The molecule has 0 radical (unpaired) electrons. The van der Waals surface area contributed by atoms with Crippen LogP contribution in [0.3, 0.4) is 0 Å². The van der Waals surface area contributed by atoms with Gasteiger partial charge in [0.2, 0.25) is 0 Å². The summed E-state index contributed by atoms with van der Waals surface area (Å²) in [6.07, 6.45) is 3.69. The van der Waals surface area contributed by atoms with Crippen molar-refractivity contribution in [3.8, 4) is 0 Å². The van der Waals surface area contributed by atoms with Crippen molar-refractivity contribution < 1.29 is 9.22 Å². The van der Waals surface area contributed by atoms with Gasteiger partial charge in [0.1, 0.15) is 0 Å². The SMILES string of the molecule is CC(=O)S[C@H]1CC[C@H](O[Si](C)(C)C(C)(C)C)C1. The summed E-state index contributed by atoms with van der Waals surface area (Å²) >= 11 is 1.50. The van der Waals surface area contributed by atoms with Crippen molar-refractivity contribution in [3.05, 3.63) is 0 Å². The van der Waals surface area contributed by atoms with Crippen LogP contribution < -0.4 is 0 Å². The lowest BCUT2D eigenvalue weighted by atomic mass is 10.2. The number of hydrogen-bond acceptors (Lipinski definition) is 3. The Morgan fingerprint density at radius 3 is 2.35 bits per heavy atom. The number of carbonyl (C=O) groups excluding carboxylic acids is 1. The molecule has 2 atom stereocenters. The molecule has 1 rings (SSSR count). The van der Waals surface area contributed by atoms with Crippen molar-refractivity contribution in [1.29, 1.82) is 0 Å². The zero-order chi connectivity index (χ0) is 13.3.